The number of ether oxygens (including phenoxy) is 1. The van der Waals surface area contributed by atoms with E-state index in [1.165, 1.54) is 82.1 Å². The molecule has 0 aromatic carbocycles. The molecular formula is C25H54O3SSi. The summed E-state index contributed by atoms with van der Waals surface area (Å²) in [6.07, 6.45) is 16.1. The minimum Gasteiger partial charge on any atom is -0.409 e. The predicted molar refractivity (Wildman–Crippen MR) is 138 cm³/mol. The van der Waals surface area contributed by atoms with E-state index in [4.69, 9.17) is 9.16 Å². The molecular weight excluding hydrogens is 408 g/mol. The molecule has 0 aromatic heterocycles. The first-order valence-corrected chi connectivity index (χ1v) is 16.7. The van der Waals surface area contributed by atoms with Crippen LogP contribution in [0.15, 0.2) is 0 Å². The van der Waals surface area contributed by atoms with E-state index < -0.39 is 8.32 Å². The molecule has 0 aliphatic carbocycles. The second kappa shape index (κ2) is 19.0. The molecule has 1 atom stereocenters. The van der Waals surface area contributed by atoms with Gasteiger partial charge in [-0.05, 0) is 48.9 Å². The van der Waals surface area contributed by atoms with Crippen LogP contribution < -0.4 is 0 Å². The summed E-state index contributed by atoms with van der Waals surface area (Å²) in [5.74, 6) is 2.70. The highest BCUT2D eigenvalue weighted by Gasteiger charge is 2.39. The predicted octanol–water partition coefficient (Wildman–Crippen LogP) is 7.82. The van der Waals surface area contributed by atoms with Crippen LogP contribution in [0.1, 0.15) is 105 Å². The van der Waals surface area contributed by atoms with E-state index in [1.807, 2.05) is 0 Å². The van der Waals surface area contributed by atoms with Gasteiger partial charge in [-0.1, -0.05) is 85.5 Å². The van der Waals surface area contributed by atoms with Gasteiger partial charge in [0.25, 0.3) is 0 Å². The van der Waals surface area contributed by atoms with Gasteiger partial charge in [0.2, 0.25) is 0 Å². The smallest absolute Gasteiger partial charge is 0.192 e. The highest BCUT2D eigenvalue weighted by molar-refractivity contribution is 7.99. The van der Waals surface area contributed by atoms with E-state index in [9.17, 15) is 5.11 Å². The van der Waals surface area contributed by atoms with Crippen molar-refractivity contribution in [1.82, 2.24) is 0 Å². The van der Waals surface area contributed by atoms with E-state index >= 15 is 0 Å². The van der Waals surface area contributed by atoms with Crippen LogP contribution in [-0.4, -0.2) is 50.9 Å². The standard InChI is InChI=1S/C25H54O3SSi/c1-7-8-9-10-14-17-20-29-21-18-15-12-11-13-16-19-27-23-24(22-26)28-30(5,6)25(2,3)4/h24,26H,7-23H2,1-6H3/t24-/m1/s1. The quantitative estimate of drug-likeness (QED) is 0.139. The minimum atomic E-state index is -1.84. The molecule has 1 N–H and O–H groups in total. The van der Waals surface area contributed by atoms with Crippen molar-refractivity contribution in [1.29, 1.82) is 0 Å². The van der Waals surface area contributed by atoms with Gasteiger partial charge in [-0.15, -0.1) is 0 Å². The van der Waals surface area contributed by atoms with Crippen LogP contribution in [0.3, 0.4) is 0 Å². The lowest BCUT2D eigenvalue weighted by Gasteiger charge is -2.38. The Hall–Kier alpha value is 0.447. The van der Waals surface area contributed by atoms with Gasteiger partial charge in [0.15, 0.2) is 8.32 Å². The number of aliphatic hydroxyl groups is 1. The number of thioether (sulfide) groups is 1. The maximum absolute atomic E-state index is 9.61. The first-order chi connectivity index (χ1) is 14.2. The van der Waals surface area contributed by atoms with E-state index in [2.05, 4.69) is 52.6 Å². The molecule has 0 aliphatic rings. The third-order valence-electron chi connectivity index (χ3n) is 6.24. The normalized spacial score (nSPS) is 13.7. The largest absolute Gasteiger partial charge is 0.409 e. The zero-order valence-corrected chi connectivity index (χ0v) is 23.1. The Bertz CT molecular complexity index is 372. The summed E-state index contributed by atoms with van der Waals surface area (Å²) in [4.78, 5) is 0. The summed E-state index contributed by atoms with van der Waals surface area (Å²) >= 11 is 2.15. The first-order valence-electron chi connectivity index (χ1n) is 12.7. The van der Waals surface area contributed by atoms with Crippen molar-refractivity contribution in [2.45, 2.75) is 129 Å². The Morgan fingerprint density at radius 1 is 0.800 bits per heavy atom. The molecule has 0 aromatic rings. The molecule has 0 amide bonds. The van der Waals surface area contributed by atoms with Gasteiger partial charge in [0.05, 0.1) is 19.3 Å². The van der Waals surface area contributed by atoms with Crippen molar-refractivity contribution in [3.05, 3.63) is 0 Å². The molecule has 182 valence electrons. The minimum absolute atomic E-state index is 0.0450. The second-order valence-corrected chi connectivity index (χ2v) is 16.2. The van der Waals surface area contributed by atoms with Crippen LogP contribution in [0.5, 0.6) is 0 Å². The van der Waals surface area contributed by atoms with Crippen molar-refractivity contribution in [2.75, 3.05) is 31.3 Å². The zero-order chi connectivity index (χ0) is 22.7. The van der Waals surface area contributed by atoms with Crippen LogP contribution in [0, 0.1) is 0 Å². The van der Waals surface area contributed by atoms with Crippen molar-refractivity contribution in [2.24, 2.45) is 0 Å². The highest BCUT2D eigenvalue weighted by Crippen LogP contribution is 2.37. The molecule has 0 unspecified atom stereocenters. The summed E-state index contributed by atoms with van der Waals surface area (Å²) < 4.78 is 12.0. The Balaban J connectivity index is 3.43. The fraction of sp³-hybridized carbons (Fsp3) is 1.00. The average molecular weight is 463 g/mol. The third-order valence-corrected chi connectivity index (χ3v) is 11.9. The number of rotatable bonds is 21. The van der Waals surface area contributed by atoms with Crippen molar-refractivity contribution in [3.63, 3.8) is 0 Å². The molecule has 0 fully saturated rings. The molecule has 5 heteroatoms. The molecule has 3 nitrogen and oxygen atoms in total. The van der Waals surface area contributed by atoms with E-state index in [0.29, 0.717) is 6.61 Å². The summed E-state index contributed by atoms with van der Waals surface area (Å²) in [7, 11) is -1.84. The summed E-state index contributed by atoms with van der Waals surface area (Å²) in [6, 6.07) is 0. The van der Waals surface area contributed by atoms with Gasteiger partial charge in [-0.25, -0.2) is 0 Å². The molecule has 0 bridgehead atoms. The molecule has 0 spiro atoms. The Morgan fingerprint density at radius 2 is 1.30 bits per heavy atom. The highest BCUT2D eigenvalue weighted by atomic mass is 32.2. The van der Waals surface area contributed by atoms with Gasteiger partial charge >= 0.3 is 0 Å². The Morgan fingerprint density at radius 3 is 1.80 bits per heavy atom. The van der Waals surface area contributed by atoms with E-state index in [-0.39, 0.29) is 17.7 Å². The summed E-state index contributed by atoms with van der Waals surface area (Å²) in [6.45, 7) is 14.7. The maximum atomic E-state index is 9.61. The van der Waals surface area contributed by atoms with Gasteiger partial charge in [-0.3, -0.25) is 0 Å². The molecule has 0 aliphatic heterocycles. The van der Waals surface area contributed by atoms with Crippen LogP contribution in [0.4, 0.5) is 0 Å². The van der Waals surface area contributed by atoms with Crippen LogP contribution in [-0.2, 0) is 9.16 Å². The number of hydrogen-bond donors (Lipinski definition) is 1. The van der Waals surface area contributed by atoms with Crippen LogP contribution >= 0.6 is 11.8 Å². The average Bonchev–Trinajstić information content (AvgIpc) is 2.68. The second-order valence-electron chi connectivity index (χ2n) is 10.3. The van der Waals surface area contributed by atoms with Gasteiger partial charge in [-0.2, -0.15) is 11.8 Å². The lowest BCUT2D eigenvalue weighted by molar-refractivity contribution is 0.0119. The fourth-order valence-electron chi connectivity index (χ4n) is 3.13. The number of aliphatic hydroxyl groups excluding tert-OH is 1. The SMILES string of the molecule is CCCCCCCCSCCCCCCCCOC[C@@H](CO)O[Si](C)(C)C(C)(C)C. The van der Waals surface area contributed by atoms with Crippen molar-refractivity contribution in [3.8, 4) is 0 Å². The maximum Gasteiger partial charge on any atom is 0.192 e. The summed E-state index contributed by atoms with van der Waals surface area (Å²) in [5, 5.41) is 9.77. The van der Waals surface area contributed by atoms with Crippen molar-refractivity contribution < 1.29 is 14.3 Å². The van der Waals surface area contributed by atoms with E-state index in [0.717, 1.165) is 13.0 Å². The van der Waals surface area contributed by atoms with E-state index in [1.54, 1.807) is 0 Å². The lowest BCUT2D eigenvalue weighted by atomic mass is 10.1. The molecule has 0 rings (SSSR count). The number of hydrogen-bond acceptors (Lipinski definition) is 4. The Kier molecular flexibility index (Phi) is 19.2. The lowest BCUT2D eigenvalue weighted by Crippen LogP contribution is -2.46. The van der Waals surface area contributed by atoms with Crippen LogP contribution in [0.25, 0.3) is 0 Å². The third kappa shape index (κ3) is 17.1. The number of unbranched alkanes of at least 4 members (excludes halogenated alkanes) is 10. The molecule has 0 radical (unpaired) electrons. The summed E-state index contributed by atoms with van der Waals surface area (Å²) in [5.41, 5.74) is 0. The molecule has 30 heavy (non-hydrogen) atoms. The molecule has 0 saturated heterocycles. The molecule has 0 heterocycles. The Labute approximate surface area is 194 Å². The first kappa shape index (κ1) is 30.4. The zero-order valence-electron chi connectivity index (χ0n) is 21.3. The van der Waals surface area contributed by atoms with Gasteiger partial charge < -0.3 is 14.3 Å². The van der Waals surface area contributed by atoms with Crippen LogP contribution in [0.2, 0.25) is 18.1 Å². The van der Waals surface area contributed by atoms with Crippen molar-refractivity contribution >= 4 is 20.1 Å². The fourth-order valence-corrected chi connectivity index (χ4v) is 5.48. The monoisotopic (exact) mass is 462 g/mol. The molecule has 0 saturated carbocycles. The van der Waals surface area contributed by atoms with Gasteiger partial charge in [0.1, 0.15) is 0 Å². The topological polar surface area (TPSA) is 38.7 Å². The van der Waals surface area contributed by atoms with Gasteiger partial charge in [0, 0.05) is 6.61 Å².